The molecule has 7 nitrogen and oxygen atoms in total. The fourth-order valence-electron chi connectivity index (χ4n) is 2.75. The first-order valence-corrected chi connectivity index (χ1v) is 7.44. The third kappa shape index (κ3) is 2.44. The minimum Gasteiger partial charge on any atom is -0.486 e. The lowest BCUT2D eigenvalue weighted by atomic mass is 10.2. The van der Waals surface area contributed by atoms with Crippen LogP contribution in [-0.2, 0) is 13.6 Å². The number of hydrogen-bond donors (Lipinski definition) is 0. The Kier molecular flexibility index (Phi) is 3.25. The third-order valence-corrected chi connectivity index (χ3v) is 3.87. The summed E-state index contributed by atoms with van der Waals surface area (Å²) in [6.45, 7) is 1.89. The van der Waals surface area contributed by atoms with Gasteiger partial charge in [0.2, 0.25) is 0 Å². The molecule has 23 heavy (non-hydrogen) atoms. The number of anilines is 1. The van der Waals surface area contributed by atoms with Gasteiger partial charge in [-0.2, -0.15) is 0 Å². The van der Waals surface area contributed by atoms with E-state index in [9.17, 15) is 0 Å². The zero-order chi connectivity index (χ0) is 15.8. The average Bonchev–Trinajstić information content (AvgIpc) is 2.96. The van der Waals surface area contributed by atoms with Gasteiger partial charge in [0.25, 0.3) is 0 Å². The van der Waals surface area contributed by atoms with Gasteiger partial charge < -0.3 is 18.9 Å². The summed E-state index contributed by atoms with van der Waals surface area (Å²) in [6.07, 6.45) is 3.32. The van der Waals surface area contributed by atoms with E-state index >= 15 is 0 Å². The highest BCUT2D eigenvalue weighted by molar-refractivity contribution is 5.83. The molecule has 118 valence electrons. The number of imidazole rings is 1. The van der Waals surface area contributed by atoms with Gasteiger partial charge in [-0.25, -0.2) is 15.0 Å². The molecule has 0 fully saturated rings. The van der Waals surface area contributed by atoms with E-state index in [0.29, 0.717) is 19.8 Å². The monoisotopic (exact) mass is 311 g/mol. The number of benzene rings is 1. The van der Waals surface area contributed by atoms with Crippen molar-refractivity contribution in [2.24, 2.45) is 7.05 Å². The summed E-state index contributed by atoms with van der Waals surface area (Å²) in [5, 5.41) is 0. The minimum absolute atomic E-state index is 0.590. The molecule has 0 N–H and O–H groups in total. The van der Waals surface area contributed by atoms with Crippen molar-refractivity contribution in [3.63, 3.8) is 0 Å². The summed E-state index contributed by atoms with van der Waals surface area (Å²) < 4.78 is 13.1. The van der Waals surface area contributed by atoms with Crippen molar-refractivity contribution in [2.45, 2.75) is 6.54 Å². The Morgan fingerprint density at radius 2 is 1.96 bits per heavy atom. The fourth-order valence-corrected chi connectivity index (χ4v) is 2.75. The van der Waals surface area contributed by atoms with Crippen LogP contribution < -0.4 is 14.4 Å². The molecule has 7 heteroatoms. The second-order valence-electron chi connectivity index (χ2n) is 5.56. The van der Waals surface area contributed by atoms with Crippen LogP contribution in [0.5, 0.6) is 11.5 Å². The van der Waals surface area contributed by atoms with Crippen molar-refractivity contribution in [1.82, 2.24) is 19.5 Å². The van der Waals surface area contributed by atoms with Crippen LogP contribution in [-0.4, -0.2) is 39.8 Å². The van der Waals surface area contributed by atoms with Crippen LogP contribution in [0.15, 0.2) is 30.9 Å². The number of nitrogens with zero attached hydrogens (tertiary/aromatic N) is 5. The van der Waals surface area contributed by atoms with Crippen LogP contribution in [0.1, 0.15) is 5.56 Å². The van der Waals surface area contributed by atoms with Gasteiger partial charge in [0.05, 0.1) is 6.33 Å². The van der Waals surface area contributed by atoms with Crippen molar-refractivity contribution in [3.8, 4) is 11.5 Å². The molecule has 0 spiro atoms. The first-order chi connectivity index (χ1) is 11.2. The van der Waals surface area contributed by atoms with E-state index in [2.05, 4.69) is 19.9 Å². The lowest BCUT2D eigenvalue weighted by molar-refractivity contribution is 0.171. The third-order valence-electron chi connectivity index (χ3n) is 3.87. The van der Waals surface area contributed by atoms with Crippen LogP contribution in [0, 0.1) is 0 Å². The van der Waals surface area contributed by atoms with Crippen LogP contribution in [0.2, 0.25) is 0 Å². The summed E-state index contributed by atoms with van der Waals surface area (Å²) in [4.78, 5) is 15.1. The maximum Gasteiger partial charge on any atom is 0.165 e. The second kappa shape index (κ2) is 5.42. The number of aromatic nitrogens is 4. The van der Waals surface area contributed by atoms with Gasteiger partial charge in [0.1, 0.15) is 19.5 Å². The molecule has 0 aliphatic carbocycles. The topological polar surface area (TPSA) is 65.3 Å². The molecule has 0 unspecified atom stereocenters. The van der Waals surface area contributed by atoms with Gasteiger partial charge >= 0.3 is 0 Å². The Morgan fingerprint density at radius 3 is 2.83 bits per heavy atom. The van der Waals surface area contributed by atoms with E-state index in [0.717, 1.165) is 34.0 Å². The first-order valence-electron chi connectivity index (χ1n) is 7.44. The van der Waals surface area contributed by atoms with Gasteiger partial charge in [-0.05, 0) is 17.7 Å². The zero-order valence-corrected chi connectivity index (χ0v) is 13.1. The predicted octanol–water partition coefficient (Wildman–Crippen LogP) is 1.77. The average molecular weight is 311 g/mol. The molecule has 0 saturated heterocycles. The van der Waals surface area contributed by atoms with Crippen molar-refractivity contribution in [2.75, 3.05) is 25.2 Å². The molecule has 0 amide bonds. The Morgan fingerprint density at radius 1 is 1.13 bits per heavy atom. The largest absolute Gasteiger partial charge is 0.486 e. The zero-order valence-electron chi connectivity index (χ0n) is 13.1. The van der Waals surface area contributed by atoms with Gasteiger partial charge in [0, 0.05) is 20.6 Å². The first kappa shape index (κ1) is 13.8. The predicted molar refractivity (Wildman–Crippen MR) is 85.8 cm³/mol. The summed E-state index contributed by atoms with van der Waals surface area (Å²) in [6, 6.07) is 6.01. The SMILES string of the molecule is CN(Cc1ccc2c(c1)OCCO2)c1ncnc2c1ncn2C. The molecule has 0 radical (unpaired) electrons. The van der Waals surface area contributed by atoms with Crippen molar-refractivity contribution in [3.05, 3.63) is 36.4 Å². The lowest BCUT2D eigenvalue weighted by Gasteiger charge is -2.21. The van der Waals surface area contributed by atoms with Crippen molar-refractivity contribution >= 4 is 17.0 Å². The molecule has 1 aliphatic heterocycles. The molecule has 3 aromatic rings. The fraction of sp³-hybridized carbons (Fsp3) is 0.312. The Hall–Kier alpha value is -2.83. The number of ether oxygens (including phenoxy) is 2. The van der Waals surface area contributed by atoms with E-state index in [1.165, 1.54) is 0 Å². The molecule has 0 bridgehead atoms. The highest BCUT2D eigenvalue weighted by Crippen LogP contribution is 2.31. The second-order valence-corrected chi connectivity index (χ2v) is 5.56. The number of fused-ring (bicyclic) bond motifs is 2. The molecular formula is C16H17N5O2. The standard InChI is InChI=1S/C16H17N5O2/c1-20(15-14-16(18-9-17-15)21(2)10-19-14)8-11-3-4-12-13(7-11)23-6-5-22-12/h3-4,7,9-10H,5-6,8H2,1-2H3. The van der Waals surface area contributed by atoms with Crippen LogP contribution in [0.25, 0.3) is 11.2 Å². The molecule has 3 heterocycles. The molecule has 0 saturated carbocycles. The van der Waals surface area contributed by atoms with E-state index in [1.54, 1.807) is 12.7 Å². The molecule has 1 aromatic carbocycles. The van der Waals surface area contributed by atoms with Crippen LogP contribution >= 0.6 is 0 Å². The summed E-state index contributed by atoms with van der Waals surface area (Å²) in [5.41, 5.74) is 2.75. The van der Waals surface area contributed by atoms with Crippen molar-refractivity contribution in [1.29, 1.82) is 0 Å². The van der Waals surface area contributed by atoms with Gasteiger partial charge in [0.15, 0.2) is 28.5 Å². The molecule has 0 atom stereocenters. The Bertz CT molecular complexity index is 861. The van der Waals surface area contributed by atoms with Crippen LogP contribution in [0.3, 0.4) is 0 Å². The Balaban J connectivity index is 1.63. The van der Waals surface area contributed by atoms with Gasteiger partial charge in [-0.1, -0.05) is 6.07 Å². The molecular weight excluding hydrogens is 294 g/mol. The van der Waals surface area contributed by atoms with E-state index < -0.39 is 0 Å². The normalized spacial score (nSPS) is 13.3. The number of hydrogen-bond acceptors (Lipinski definition) is 6. The van der Waals surface area contributed by atoms with Gasteiger partial charge in [-0.3, -0.25) is 0 Å². The smallest absolute Gasteiger partial charge is 0.165 e. The van der Waals surface area contributed by atoms with E-state index in [1.807, 2.05) is 36.9 Å². The molecule has 1 aliphatic rings. The molecule has 2 aromatic heterocycles. The Labute approximate surface area is 133 Å². The molecule has 4 rings (SSSR count). The maximum absolute atomic E-state index is 5.64. The summed E-state index contributed by atoms with van der Waals surface area (Å²) >= 11 is 0. The maximum atomic E-state index is 5.64. The highest BCUT2D eigenvalue weighted by atomic mass is 16.6. The number of rotatable bonds is 3. The quantitative estimate of drug-likeness (QED) is 0.734. The van der Waals surface area contributed by atoms with Gasteiger partial charge in [-0.15, -0.1) is 0 Å². The number of aryl methyl sites for hydroxylation is 1. The lowest BCUT2D eigenvalue weighted by Crippen LogP contribution is -2.19. The van der Waals surface area contributed by atoms with Crippen molar-refractivity contribution < 1.29 is 9.47 Å². The summed E-state index contributed by atoms with van der Waals surface area (Å²) in [7, 11) is 3.92. The minimum atomic E-state index is 0.590. The van der Waals surface area contributed by atoms with Crippen LogP contribution in [0.4, 0.5) is 5.82 Å². The van der Waals surface area contributed by atoms with E-state index in [4.69, 9.17) is 9.47 Å². The summed E-state index contributed by atoms with van der Waals surface area (Å²) in [5.74, 6) is 2.41. The van der Waals surface area contributed by atoms with E-state index in [-0.39, 0.29) is 0 Å². The highest BCUT2D eigenvalue weighted by Gasteiger charge is 2.15.